The SMILES string of the molecule is COc1ccc(CC(=O)N(Cc2ccc(C)cc2)C2CCN(CC3CSc4ccc(Cl)cc43)CC2)cc1. The van der Waals surface area contributed by atoms with Crippen molar-refractivity contribution in [1.29, 1.82) is 0 Å². The number of hydrogen-bond donors (Lipinski definition) is 0. The number of piperidine rings is 1. The Kier molecular flexibility index (Phi) is 8.43. The Morgan fingerprint density at radius 2 is 1.73 bits per heavy atom. The van der Waals surface area contributed by atoms with Crippen LogP contribution in [0.3, 0.4) is 0 Å². The number of hydrogen-bond acceptors (Lipinski definition) is 4. The summed E-state index contributed by atoms with van der Waals surface area (Å²) in [4.78, 5) is 19.7. The lowest BCUT2D eigenvalue weighted by Gasteiger charge is -2.39. The molecule has 37 heavy (non-hydrogen) atoms. The third kappa shape index (κ3) is 6.51. The molecular formula is C31H35ClN2O2S. The average molecular weight is 535 g/mol. The molecule has 1 atom stereocenters. The average Bonchev–Trinajstić information content (AvgIpc) is 3.31. The summed E-state index contributed by atoms with van der Waals surface area (Å²) in [6, 6.07) is 23.0. The first kappa shape index (κ1) is 26.1. The van der Waals surface area contributed by atoms with E-state index in [0.717, 1.165) is 54.6 Å². The molecule has 5 rings (SSSR count). The van der Waals surface area contributed by atoms with Gasteiger partial charge in [-0.05, 0) is 66.8 Å². The van der Waals surface area contributed by atoms with Gasteiger partial charge in [-0.25, -0.2) is 0 Å². The van der Waals surface area contributed by atoms with Crippen LogP contribution in [0.5, 0.6) is 5.75 Å². The summed E-state index contributed by atoms with van der Waals surface area (Å²) in [6.45, 7) is 5.85. The molecule has 1 fully saturated rings. The zero-order chi connectivity index (χ0) is 25.8. The van der Waals surface area contributed by atoms with Crippen molar-refractivity contribution in [1.82, 2.24) is 9.80 Å². The minimum absolute atomic E-state index is 0.194. The summed E-state index contributed by atoms with van der Waals surface area (Å²) < 4.78 is 5.28. The topological polar surface area (TPSA) is 32.8 Å². The Labute approximate surface area is 229 Å². The van der Waals surface area contributed by atoms with Crippen LogP contribution in [0.1, 0.15) is 41.0 Å². The van der Waals surface area contributed by atoms with Gasteiger partial charge in [0.05, 0.1) is 13.5 Å². The number of halogens is 1. The summed E-state index contributed by atoms with van der Waals surface area (Å²) in [5, 5.41) is 0.826. The fourth-order valence-corrected chi connectivity index (χ4v) is 6.86. The van der Waals surface area contributed by atoms with E-state index in [1.165, 1.54) is 21.6 Å². The third-order valence-corrected chi connectivity index (χ3v) is 9.12. The number of carbonyl (C=O) groups excluding carboxylic acids is 1. The van der Waals surface area contributed by atoms with Gasteiger partial charge in [0, 0.05) is 53.8 Å². The number of amides is 1. The maximum Gasteiger partial charge on any atom is 0.227 e. The number of benzene rings is 3. The third-order valence-electron chi connectivity index (χ3n) is 7.64. The predicted molar refractivity (Wildman–Crippen MR) is 153 cm³/mol. The Balaban J connectivity index is 1.24. The van der Waals surface area contributed by atoms with Gasteiger partial charge in [-0.15, -0.1) is 11.8 Å². The zero-order valence-corrected chi connectivity index (χ0v) is 23.2. The van der Waals surface area contributed by atoms with Gasteiger partial charge < -0.3 is 14.5 Å². The van der Waals surface area contributed by atoms with Crippen molar-refractivity contribution in [2.45, 2.75) is 49.6 Å². The molecule has 2 aliphatic rings. The quantitative estimate of drug-likeness (QED) is 0.327. The number of nitrogens with zero attached hydrogens (tertiary/aromatic N) is 2. The van der Waals surface area contributed by atoms with Gasteiger partial charge in [-0.1, -0.05) is 53.6 Å². The molecule has 0 radical (unpaired) electrons. The summed E-state index contributed by atoms with van der Waals surface area (Å²) >= 11 is 8.24. The van der Waals surface area contributed by atoms with Crippen molar-refractivity contribution < 1.29 is 9.53 Å². The summed E-state index contributed by atoms with van der Waals surface area (Å²) in [5.74, 6) is 2.65. The predicted octanol–water partition coefficient (Wildman–Crippen LogP) is 6.58. The molecule has 0 spiro atoms. The minimum atomic E-state index is 0.194. The molecule has 4 nitrogen and oxygen atoms in total. The second-order valence-electron chi connectivity index (χ2n) is 10.3. The van der Waals surface area contributed by atoms with Gasteiger partial charge in [-0.2, -0.15) is 0 Å². The first-order chi connectivity index (χ1) is 18.0. The Bertz CT molecular complexity index is 1210. The number of likely N-dealkylation sites (tertiary alicyclic amines) is 1. The largest absolute Gasteiger partial charge is 0.497 e. The maximum atomic E-state index is 13.6. The van der Waals surface area contributed by atoms with Crippen molar-refractivity contribution >= 4 is 29.3 Å². The van der Waals surface area contributed by atoms with Crippen LogP contribution < -0.4 is 4.74 Å². The second kappa shape index (κ2) is 11.9. The van der Waals surface area contributed by atoms with E-state index in [1.807, 2.05) is 42.1 Å². The highest BCUT2D eigenvalue weighted by Crippen LogP contribution is 2.41. The molecule has 0 bridgehead atoms. The van der Waals surface area contributed by atoms with E-state index in [4.69, 9.17) is 16.3 Å². The molecule has 6 heteroatoms. The summed E-state index contributed by atoms with van der Waals surface area (Å²) in [6.07, 6.45) is 2.41. The molecule has 2 aliphatic heterocycles. The fourth-order valence-electron chi connectivity index (χ4n) is 5.46. The highest BCUT2D eigenvalue weighted by molar-refractivity contribution is 7.99. The van der Waals surface area contributed by atoms with Gasteiger partial charge in [0.25, 0.3) is 0 Å². The van der Waals surface area contributed by atoms with Crippen molar-refractivity contribution in [3.05, 3.63) is 94.0 Å². The summed E-state index contributed by atoms with van der Waals surface area (Å²) in [7, 11) is 1.66. The van der Waals surface area contributed by atoms with E-state index in [9.17, 15) is 4.79 Å². The zero-order valence-electron chi connectivity index (χ0n) is 21.7. The second-order valence-corrected chi connectivity index (χ2v) is 11.8. The maximum absolute atomic E-state index is 13.6. The molecule has 0 aliphatic carbocycles. The Hall–Kier alpha value is -2.47. The van der Waals surface area contributed by atoms with Gasteiger partial charge in [0.2, 0.25) is 5.91 Å². The van der Waals surface area contributed by atoms with Gasteiger partial charge in [-0.3, -0.25) is 4.79 Å². The number of aryl methyl sites for hydroxylation is 1. The molecule has 0 aromatic heterocycles. The first-order valence-corrected chi connectivity index (χ1v) is 14.5. The van der Waals surface area contributed by atoms with Crippen LogP contribution in [0.2, 0.25) is 5.02 Å². The normalized spacial score (nSPS) is 18.0. The summed E-state index contributed by atoms with van der Waals surface area (Å²) in [5.41, 5.74) is 4.84. The fraction of sp³-hybridized carbons (Fsp3) is 0.387. The number of fused-ring (bicyclic) bond motifs is 1. The lowest BCUT2D eigenvalue weighted by Crippen LogP contribution is -2.48. The van der Waals surface area contributed by atoms with Crippen LogP contribution in [-0.4, -0.2) is 54.2 Å². The van der Waals surface area contributed by atoms with Gasteiger partial charge >= 0.3 is 0 Å². The molecule has 1 unspecified atom stereocenters. The van der Waals surface area contributed by atoms with E-state index in [-0.39, 0.29) is 11.9 Å². The number of thioether (sulfide) groups is 1. The first-order valence-electron chi connectivity index (χ1n) is 13.1. The Morgan fingerprint density at radius 3 is 2.43 bits per heavy atom. The van der Waals surface area contributed by atoms with Crippen LogP contribution >= 0.6 is 23.4 Å². The lowest BCUT2D eigenvalue weighted by molar-refractivity contribution is -0.134. The molecule has 0 N–H and O–H groups in total. The molecular weight excluding hydrogens is 500 g/mol. The smallest absolute Gasteiger partial charge is 0.227 e. The molecule has 2 heterocycles. The molecule has 0 saturated carbocycles. The van der Waals surface area contributed by atoms with Crippen LogP contribution in [0, 0.1) is 6.92 Å². The van der Waals surface area contributed by atoms with Crippen LogP contribution in [0.4, 0.5) is 0 Å². The van der Waals surface area contributed by atoms with E-state index in [2.05, 4.69) is 53.1 Å². The van der Waals surface area contributed by atoms with E-state index in [1.54, 1.807) is 7.11 Å². The number of rotatable bonds is 8. The monoisotopic (exact) mass is 534 g/mol. The lowest BCUT2D eigenvalue weighted by atomic mass is 9.97. The molecule has 3 aromatic carbocycles. The van der Waals surface area contributed by atoms with E-state index >= 15 is 0 Å². The molecule has 1 saturated heterocycles. The number of methoxy groups -OCH3 is 1. The minimum Gasteiger partial charge on any atom is -0.497 e. The van der Waals surface area contributed by atoms with Crippen LogP contribution in [-0.2, 0) is 17.8 Å². The highest BCUT2D eigenvalue weighted by Gasteiger charge is 2.31. The van der Waals surface area contributed by atoms with Crippen molar-refractivity contribution in [2.75, 3.05) is 32.5 Å². The van der Waals surface area contributed by atoms with Crippen molar-refractivity contribution in [3.63, 3.8) is 0 Å². The van der Waals surface area contributed by atoms with Crippen molar-refractivity contribution in [2.24, 2.45) is 0 Å². The molecule has 194 valence electrons. The van der Waals surface area contributed by atoms with Crippen LogP contribution in [0.25, 0.3) is 0 Å². The van der Waals surface area contributed by atoms with Gasteiger partial charge in [0.15, 0.2) is 0 Å². The molecule has 3 aromatic rings. The van der Waals surface area contributed by atoms with Crippen LogP contribution in [0.15, 0.2) is 71.6 Å². The van der Waals surface area contributed by atoms with E-state index in [0.29, 0.717) is 18.9 Å². The Morgan fingerprint density at radius 1 is 1.03 bits per heavy atom. The van der Waals surface area contributed by atoms with Crippen molar-refractivity contribution in [3.8, 4) is 5.75 Å². The van der Waals surface area contributed by atoms with Gasteiger partial charge in [0.1, 0.15) is 5.75 Å². The van der Waals surface area contributed by atoms with E-state index < -0.39 is 0 Å². The standard InChI is InChI=1S/C31H35ClN2O2S/c1-22-3-5-24(6-4-22)19-34(31(35)17-23-7-10-28(36-2)11-8-23)27-13-15-33(16-14-27)20-25-21-37-30-12-9-26(32)18-29(25)30/h3-12,18,25,27H,13-17,19-21H2,1-2H3. The molecule has 1 amide bonds. The number of carbonyl (C=O) groups is 1. The highest BCUT2D eigenvalue weighted by atomic mass is 35.5. The number of ether oxygens (including phenoxy) is 1.